The summed E-state index contributed by atoms with van der Waals surface area (Å²) in [5.74, 6) is -1.24. The highest BCUT2D eigenvalue weighted by Crippen LogP contribution is 2.61. The second-order valence-corrected chi connectivity index (χ2v) is 4.07. The van der Waals surface area contributed by atoms with Gasteiger partial charge in [0.2, 0.25) is 11.2 Å². The van der Waals surface area contributed by atoms with E-state index in [0.717, 1.165) is 12.1 Å². The lowest BCUT2D eigenvalue weighted by molar-refractivity contribution is 0.563. The molecule has 0 nitrogen and oxygen atoms in total. The predicted octanol–water partition coefficient (Wildman–Crippen LogP) is 4.41. The second-order valence-electron chi connectivity index (χ2n) is 1.96. The molecule has 0 unspecified atom stereocenters. The van der Waals surface area contributed by atoms with Crippen molar-refractivity contribution in [2.75, 3.05) is 0 Å². The monoisotopic (exact) mass is 262 g/mol. The minimum Gasteiger partial charge on any atom is -0.204 e. The van der Waals surface area contributed by atoms with Crippen molar-refractivity contribution < 1.29 is 16.0 Å². The first kappa shape index (κ1) is 9.85. The van der Waals surface area contributed by atoms with E-state index < -0.39 is 21.9 Å². The first-order valence-electron chi connectivity index (χ1n) is 2.79. The molecule has 12 heavy (non-hydrogen) atoms. The fraction of sp³-hybridized carbons (Fsp3) is 0. The largest absolute Gasteiger partial charge is 0.240 e. The van der Waals surface area contributed by atoms with Crippen LogP contribution in [0.25, 0.3) is 0 Å². The molecule has 0 spiro atoms. The van der Waals surface area contributed by atoms with Gasteiger partial charge in [0.05, 0.1) is 4.47 Å². The van der Waals surface area contributed by atoms with Gasteiger partial charge in [-0.1, -0.05) is 6.07 Å². The minimum absolute atomic E-state index is 0.162. The van der Waals surface area contributed by atoms with Crippen molar-refractivity contribution in [2.24, 2.45) is 0 Å². The Bertz CT molecular complexity index is 296. The molecule has 0 bridgehead atoms. The van der Waals surface area contributed by atoms with E-state index in [1.165, 1.54) is 6.07 Å². The average Bonchev–Trinajstić information content (AvgIpc) is 1.92. The van der Waals surface area contributed by atoms with Gasteiger partial charge in [0.1, 0.15) is 4.90 Å². The number of rotatable bonds is 1. The summed E-state index contributed by atoms with van der Waals surface area (Å²) in [6.07, 6.45) is 0. The molecule has 0 aromatic heterocycles. The zero-order valence-electron chi connectivity index (χ0n) is 5.53. The van der Waals surface area contributed by atoms with Gasteiger partial charge in [-0.2, -0.15) is 0 Å². The smallest absolute Gasteiger partial charge is 0.204 e. The van der Waals surface area contributed by atoms with Crippen LogP contribution in [0.5, 0.6) is 0 Å². The Labute approximate surface area is 76.9 Å². The molecule has 0 fully saturated rings. The van der Waals surface area contributed by atoms with Gasteiger partial charge in [0.15, 0.2) is 5.82 Å². The third-order valence-electron chi connectivity index (χ3n) is 1.17. The lowest BCUT2D eigenvalue weighted by atomic mass is 10.3. The molecule has 0 amide bonds. The van der Waals surface area contributed by atoms with Crippen LogP contribution in [0.4, 0.5) is 16.0 Å². The average molecular weight is 263 g/mol. The summed E-state index contributed by atoms with van der Waals surface area (Å²) in [7, 11) is 0. The lowest BCUT2D eigenvalue weighted by Gasteiger charge is -2.10. The van der Waals surface area contributed by atoms with Gasteiger partial charge in [0.25, 0.3) is 0 Å². The summed E-state index contributed by atoms with van der Waals surface area (Å²) in [5.41, 5.74) is 0. The summed E-state index contributed by atoms with van der Waals surface area (Å²) in [6, 6.07) is 3.11. The molecule has 1 aromatic rings. The second kappa shape index (κ2) is 3.26. The Balaban J connectivity index is 3.26. The Morgan fingerprint density at radius 1 is 1.17 bits per heavy atom. The topological polar surface area (TPSA) is 0 Å². The van der Waals surface area contributed by atoms with Gasteiger partial charge < -0.3 is 0 Å². The van der Waals surface area contributed by atoms with Crippen molar-refractivity contribution >= 4 is 27.1 Å². The van der Waals surface area contributed by atoms with Gasteiger partial charge in [-0.3, -0.25) is 0 Å². The maximum atomic E-state index is 12.8. The lowest BCUT2D eigenvalue weighted by Crippen LogP contribution is -1.87. The van der Waals surface area contributed by atoms with Gasteiger partial charge in [-0.05, 0) is 28.1 Å². The van der Waals surface area contributed by atoms with E-state index in [1.54, 1.807) is 0 Å². The maximum absolute atomic E-state index is 12.8. The highest BCUT2D eigenvalue weighted by Gasteiger charge is 2.28. The van der Waals surface area contributed by atoms with E-state index in [-0.39, 0.29) is 4.47 Å². The van der Waals surface area contributed by atoms with Crippen molar-refractivity contribution in [1.29, 1.82) is 0 Å². The zero-order valence-corrected chi connectivity index (χ0v) is 7.93. The van der Waals surface area contributed by atoms with E-state index in [0.29, 0.717) is 0 Å². The highest BCUT2D eigenvalue weighted by atomic mass is 79.9. The number of halogens is 5. The molecule has 0 saturated heterocycles. The standard InChI is InChI=1S/C6H3BrF4S/c7-4-2-1-3-5(6(4)8)12(9,10)11/h1-3H. The fourth-order valence-electron chi connectivity index (χ4n) is 0.663. The van der Waals surface area contributed by atoms with Gasteiger partial charge in [0, 0.05) is 0 Å². The van der Waals surface area contributed by atoms with E-state index in [4.69, 9.17) is 0 Å². The van der Waals surface area contributed by atoms with E-state index >= 15 is 0 Å². The zero-order chi connectivity index (χ0) is 9.35. The van der Waals surface area contributed by atoms with Crippen LogP contribution in [0.15, 0.2) is 27.6 Å². The number of hydrogen-bond acceptors (Lipinski definition) is 0. The molecule has 1 aromatic carbocycles. The Kier molecular flexibility index (Phi) is 2.67. The van der Waals surface area contributed by atoms with Crippen molar-refractivity contribution in [2.45, 2.75) is 4.90 Å². The number of hydrogen-bond donors (Lipinski definition) is 0. The van der Waals surface area contributed by atoms with Crippen LogP contribution in [-0.4, -0.2) is 0 Å². The highest BCUT2D eigenvalue weighted by molar-refractivity contribution is 9.10. The molecular formula is C6H3BrF4S. The Hall–Kier alpha value is -0.230. The van der Waals surface area contributed by atoms with Gasteiger partial charge >= 0.3 is 0 Å². The van der Waals surface area contributed by atoms with Crippen LogP contribution >= 0.6 is 27.1 Å². The number of benzene rings is 1. The Morgan fingerprint density at radius 2 is 1.75 bits per heavy atom. The van der Waals surface area contributed by atoms with Crippen LogP contribution in [0.1, 0.15) is 0 Å². The molecule has 0 saturated carbocycles. The van der Waals surface area contributed by atoms with Crippen LogP contribution < -0.4 is 0 Å². The summed E-state index contributed by atoms with van der Waals surface area (Å²) in [4.78, 5) is -1.17. The summed E-state index contributed by atoms with van der Waals surface area (Å²) < 4.78 is 48.7. The quantitative estimate of drug-likeness (QED) is 0.658. The predicted molar refractivity (Wildman–Crippen MR) is 43.3 cm³/mol. The molecule has 6 heteroatoms. The van der Waals surface area contributed by atoms with Crippen molar-refractivity contribution in [3.63, 3.8) is 0 Å². The first-order valence-corrected chi connectivity index (χ1v) is 4.92. The van der Waals surface area contributed by atoms with E-state index in [9.17, 15) is 16.0 Å². The molecular weight excluding hydrogens is 260 g/mol. The van der Waals surface area contributed by atoms with Crippen molar-refractivity contribution in [1.82, 2.24) is 0 Å². The van der Waals surface area contributed by atoms with E-state index in [2.05, 4.69) is 15.9 Å². The molecule has 0 aliphatic heterocycles. The maximum Gasteiger partial charge on any atom is 0.240 e. The summed E-state index contributed by atoms with van der Waals surface area (Å²) in [6.45, 7) is 0. The molecule has 0 atom stereocenters. The first-order chi connectivity index (χ1) is 5.43. The minimum atomic E-state index is -5.46. The third-order valence-corrected chi connectivity index (χ3v) is 2.59. The molecule has 0 radical (unpaired) electrons. The van der Waals surface area contributed by atoms with Crippen molar-refractivity contribution in [3.8, 4) is 0 Å². The molecule has 1 rings (SSSR count). The van der Waals surface area contributed by atoms with Gasteiger partial charge in [-0.15, -0.1) is 11.7 Å². The molecule has 0 aliphatic carbocycles. The molecule has 0 N–H and O–H groups in total. The Morgan fingerprint density at radius 3 is 2.17 bits per heavy atom. The third kappa shape index (κ3) is 1.92. The van der Waals surface area contributed by atoms with Crippen LogP contribution in [0.2, 0.25) is 0 Å². The van der Waals surface area contributed by atoms with Crippen LogP contribution in [0, 0.1) is 5.82 Å². The molecule has 0 aliphatic rings. The van der Waals surface area contributed by atoms with Crippen molar-refractivity contribution in [3.05, 3.63) is 28.5 Å². The van der Waals surface area contributed by atoms with Crippen LogP contribution in [0.3, 0.4) is 0 Å². The summed E-state index contributed by atoms with van der Waals surface area (Å²) >= 11 is -2.78. The molecule has 68 valence electrons. The summed E-state index contributed by atoms with van der Waals surface area (Å²) in [5, 5.41) is 0. The van der Waals surface area contributed by atoms with E-state index in [1.807, 2.05) is 0 Å². The normalized spacial score (nSPS) is 13.1. The fourth-order valence-corrected chi connectivity index (χ4v) is 1.71. The van der Waals surface area contributed by atoms with Gasteiger partial charge in [-0.25, -0.2) is 4.39 Å². The van der Waals surface area contributed by atoms with Crippen LogP contribution in [-0.2, 0) is 0 Å². The SMILES string of the molecule is Fc1c(Br)cccc1S(F)(F)F. The molecule has 0 heterocycles.